The molecule has 0 saturated carbocycles. The zero-order chi connectivity index (χ0) is 11.3. The molecule has 0 radical (unpaired) electrons. The molecule has 0 atom stereocenters. The predicted molar refractivity (Wildman–Crippen MR) is 62.3 cm³/mol. The lowest BCUT2D eigenvalue weighted by Gasteiger charge is -2.10. The van der Waals surface area contributed by atoms with E-state index in [1.807, 2.05) is 0 Å². The van der Waals surface area contributed by atoms with Crippen molar-refractivity contribution in [3.8, 4) is 0 Å². The maximum Gasteiger partial charge on any atom is 0.164 e. The molecule has 0 aliphatic rings. The summed E-state index contributed by atoms with van der Waals surface area (Å²) in [4.78, 5) is 15.7. The van der Waals surface area contributed by atoms with Crippen LogP contribution in [0.3, 0.4) is 0 Å². The third kappa shape index (κ3) is 3.63. The van der Waals surface area contributed by atoms with Gasteiger partial charge in [-0.15, -0.1) is 0 Å². The number of hydrogen-bond donors (Lipinski definition) is 0. The molecule has 0 N–H and O–H groups in total. The number of carbonyl (C=O) groups is 1. The van der Waals surface area contributed by atoms with Crippen LogP contribution >= 0.6 is 11.6 Å². The van der Waals surface area contributed by atoms with Gasteiger partial charge in [0, 0.05) is 18.2 Å². The van der Waals surface area contributed by atoms with Crippen LogP contribution in [0.4, 0.5) is 0 Å². The van der Waals surface area contributed by atoms with Crippen LogP contribution in [0, 0.1) is 5.92 Å². The van der Waals surface area contributed by atoms with Crippen molar-refractivity contribution in [1.82, 2.24) is 4.98 Å². The van der Waals surface area contributed by atoms with Gasteiger partial charge in [0.15, 0.2) is 5.78 Å². The molecular weight excluding hydrogens is 210 g/mol. The first kappa shape index (κ1) is 12.2. The summed E-state index contributed by atoms with van der Waals surface area (Å²) in [5.41, 5.74) is 0.659. The molecule has 0 aliphatic heterocycles. The Morgan fingerprint density at radius 2 is 2.07 bits per heavy atom. The average molecular weight is 226 g/mol. The van der Waals surface area contributed by atoms with Crippen LogP contribution in [0.15, 0.2) is 18.3 Å². The fourth-order valence-electron chi connectivity index (χ4n) is 1.50. The van der Waals surface area contributed by atoms with E-state index in [-0.39, 0.29) is 5.78 Å². The summed E-state index contributed by atoms with van der Waals surface area (Å²) >= 11 is 5.65. The van der Waals surface area contributed by atoms with Crippen molar-refractivity contribution in [3.63, 3.8) is 0 Å². The van der Waals surface area contributed by atoms with Crippen LogP contribution in [0.2, 0.25) is 5.15 Å². The van der Waals surface area contributed by atoms with Gasteiger partial charge in [-0.3, -0.25) is 4.79 Å². The molecule has 1 rings (SSSR count). The number of aromatic nitrogens is 1. The highest BCUT2D eigenvalue weighted by atomic mass is 35.5. The van der Waals surface area contributed by atoms with Gasteiger partial charge < -0.3 is 0 Å². The van der Waals surface area contributed by atoms with Crippen molar-refractivity contribution in [2.75, 3.05) is 0 Å². The molecule has 0 unspecified atom stereocenters. The van der Waals surface area contributed by atoms with Gasteiger partial charge in [0.1, 0.15) is 5.15 Å². The van der Waals surface area contributed by atoms with Crippen LogP contribution in [-0.4, -0.2) is 10.8 Å². The molecule has 3 heteroatoms. The van der Waals surface area contributed by atoms with E-state index < -0.39 is 0 Å². The smallest absolute Gasteiger partial charge is 0.164 e. The van der Waals surface area contributed by atoms with E-state index in [0.29, 0.717) is 23.1 Å². The molecule has 0 aliphatic carbocycles. The number of hydrogen-bond acceptors (Lipinski definition) is 2. The number of pyridine rings is 1. The summed E-state index contributed by atoms with van der Waals surface area (Å²) in [6.45, 7) is 4.23. The second-order valence-corrected chi connectivity index (χ2v) is 4.07. The predicted octanol–water partition coefficient (Wildman–Crippen LogP) is 3.74. The van der Waals surface area contributed by atoms with Gasteiger partial charge in [-0.05, 0) is 18.1 Å². The van der Waals surface area contributed by atoms with Crippen molar-refractivity contribution < 1.29 is 4.79 Å². The topological polar surface area (TPSA) is 30.0 Å². The lowest BCUT2D eigenvalue weighted by atomic mass is 9.95. The third-order valence-corrected chi connectivity index (χ3v) is 2.90. The van der Waals surface area contributed by atoms with Crippen LogP contribution in [-0.2, 0) is 0 Å². The molecule has 1 heterocycles. The number of carbonyl (C=O) groups excluding carboxylic acids is 1. The van der Waals surface area contributed by atoms with Crippen LogP contribution in [0.25, 0.3) is 0 Å². The summed E-state index contributed by atoms with van der Waals surface area (Å²) in [6, 6.07) is 3.39. The Labute approximate surface area is 95.7 Å². The Morgan fingerprint density at radius 1 is 1.40 bits per heavy atom. The highest BCUT2D eigenvalue weighted by Crippen LogP contribution is 2.16. The molecule has 0 bridgehead atoms. The van der Waals surface area contributed by atoms with Crippen LogP contribution < -0.4 is 0 Å². The van der Waals surface area contributed by atoms with E-state index in [0.717, 1.165) is 12.8 Å². The second kappa shape index (κ2) is 5.86. The SMILES string of the molecule is CCC(CC)CC(=O)c1ccc(Cl)nc1. The monoisotopic (exact) mass is 225 g/mol. The molecule has 0 fully saturated rings. The first-order chi connectivity index (χ1) is 7.17. The van der Waals surface area contributed by atoms with E-state index in [9.17, 15) is 4.79 Å². The number of rotatable bonds is 5. The van der Waals surface area contributed by atoms with Gasteiger partial charge in [-0.2, -0.15) is 0 Å². The van der Waals surface area contributed by atoms with Gasteiger partial charge in [0.05, 0.1) is 0 Å². The molecule has 0 saturated heterocycles. The maximum atomic E-state index is 11.8. The molecule has 0 aromatic carbocycles. The summed E-state index contributed by atoms with van der Waals surface area (Å²) in [6.07, 6.45) is 4.25. The zero-order valence-electron chi connectivity index (χ0n) is 9.16. The fraction of sp³-hybridized carbons (Fsp3) is 0.500. The first-order valence-corrected chi connectivity index (χ1v) is 5.69. The second-order valence-electron chi connectivity index (χ2n) is 3.68. The summed E-state index contributed by atoms with van der Waals surface area (Å²) < 4.78 is 0. The van der Waals surface area contributed by atoms with Gasteiger partial charge in [-0.25, -0.2) is 4.98 Å². The molecule has 15 heavy (non-hydrogen) atoms. The number of ketones is 1. The van der Waals surface area contributed by atoms with E-state index in [1.165, 1.54) is 0 Å². The molecule has 1 aromatic heterocycles. The zero-order valence-corrected chi connectivity index (χ0v) is 9.92. The Bertz CT molecular complexity index is 317. The molecule has 2 nitrogen and oxygen atoms in total. The highest BCUT2D eigenvalue weighted by molar-refractivity contribution is 6.29. The van der Waals surface area contributed by atoms with Crippen LogP contribution in [0.5, 0.6) is 0 Å². The minimum absolute atomic E-state index is 0.160. The first-order valence-electron chi connectivity index (χ1n) is 5.32. The molecule has 0 amide bonds. The van der Waals surface area contributed by atoms with Crippen LogP contribution in [0.1, 0.15) is 43.5 Å². The maximum absolute atomic E-state index is 11.8. The quantitative estimate of drug-likeness (QED) is 0.564. The minimum Gasteiger partial charge on any atom is -0.294 e. The minimum atomic E-state index is 0.160. The van der Waals surface area contributed by atoms with Crippen molar-refractivity contribution in [3.05, 3.63) is 29.0 Å². The Kier molecular flexibility index (Phi) is 4.76. The standard InChI is InChI=1S/C12H16ClNO/c1-3-9(4-2)7-11(15)10-5-6-12(13)14-8-10/h5-6,8-9H,3-4,7H2,1-2H3. The van der Waals surface area contributed by atoms with Gasteiger partial charge in [0.2, 0.25) is 0 Å². The number of Topliss-reactive ketones (excluding diaryl/α,β-unsaturated/α-hetero) is 1. The van der Waals surface area contributed by atoms with Crippen molar-refractivity contribution in [2.24, 2.45) is 5.92 Å². The summed E-state index contributed by atoms with van der Waals surface area (Å²) in [5, 5.41) is 0.425. The van der Waals surface area contributed by atoms with Gasteiger partial charge in [-0.1, -0.05) is 38.3 Å². The normalized spacial score (nSPS) is 10.7. The number of nitrogens with zero attached hydrogens (tertiary/aromatic N) is 1. The molecule has 0 spiro atoms. The lowest BCUT2D eigenvalue weighted by Crippen LogP contribution is -2.07. The van der Waals surface area contributed by atoms with Crippen molar-refractivity contribution in [2.45, 2.75) is 33.1 Å². The van der Waals surface area contributed by atoms with Gasteiger partial charge in [0.25, 0.3) is 0 Å². The van der Waals surface area contributed by atoms with E-state index in [4.69, 9.17) is 11.6 Å². The summed E-state index contributed by atoms with van der Waals surface area (Å²) in [5.74, 6) is 0.640. The van der Waals surface area contributed by atoms with Gasteiger partial charge >= 0.3 is 0 Å². The number of halogens is 1. The Morgan fingerprint density at radius 3 is 2.53 bits per heavy atom. The Hall–Kier alpha value is -0.890. The molecule has 1 aromatic rings. The highest BCUT2D eigenvalue weighted by Gasteiger charge is 2.12. The van der Waals surface area contributed by atoms with E-state index >= 15 is 0 Å². The van der Waals surface area contributed by atoms with Crippen molar-refractivity contribution >= 4 is 17.4 Å². The van der Waals surface area contributed by atoms with E-state index in [1.54, 1.807) is 18.3 Å². The lowest BCUT2D eigenvalue weighted by molar-refractivity contribution is 0.0958. The molecule has 82 valence electrons. The third-order valence-electron chi connectivity index (χ3n) is 2.68. The summed E-state index contributed by atoms with van der Waals surface area (Å²) in [7, 11) is 0. The van der Waals surface area contributed by atoms with E-state index in [2.05, 4.69) is 18.8 Å². The largest absolute Gasteiger partial charge is 0.294 e. The van der Waals surface area contributed by atoms with Crippen molar-refractivity contribution in [1.29, 1.82) is 0 Å². The molecular formula is C12H16ClNO. The fourth-order valence-corrected chi connectivity index (χ4v) is 1.61. The Balaban J connectivity index is 2.64. The average Bonchev–Trinajstić information content (AvgIpc) is 2.26.